The van der Waals surface area contributed by atoms with Crippen molar-refractivity contribution >= 4 is 16.8 Å². The van der Waals surface area contributed by atoms with Crippen LogP contribution in [0.2, 0.25) is 0 Å². The van der Waals surface area contributed by atoms with Crippen LogP contribution in [-0.2, 0) is 0 Å². The second kappa shape index (κ2) is 3.38. The molecule has 0 saturated carbocycles. The van der Waals surface area contributed by atoms with Gasteiger partial charge in [0.2, 0.25) is 0 Å². The minimum absolute atomic E-state index is 0.532. The highest BCUT2D eigenvalue weighted by Gasteiger charge is 2.01. The lowest BCUT2D eigenvalue weighted by Gasteiger charge is -2.02. The van der Waals surface area contributed by atoms with Crippen molar-refractivity contribution in [3.8, 4) is 11.1 Å². The first-order valence-electron chi connectivity index (χ1n) is 5.02. The van der Waals surface area contributed by atoms with Crippen molar-refractivity contribution < 1.29 is 4.42 Å². The number of fused-ring (bicyclic) bond motifs is 1. The summed E-state index contributed by atoms with van der Waals surface area (Å²) in [7, 11) is 0. The number of anilines is 1. The molecule has 16 heavy (non-hydrogen) atoms. The zero-order valence-electron chi connectivity index (χ0n) is 8.55. The van der Waals surface area contributed by atoms with Crippen LogP contribution in [0.1, 0.15) is 0 Å². The van der Waals surface area contributed by atoms with E-state index in [0.29, 0.717) is 5.82 Å². The summed E-state index contributed by atoms with van der Waals surface area (Å²) in [5.74, 6) is 0.532. The van der Waals surface area contributed by atoms with E-state index in [9.17, 15) is 0 Å². The summed E-state index contributed by atoms with van der Waals surface area (Å²) in [5.41, 5.74) is 8.73. The lowest BCUT2D eigenvalue weighted by atomic mass is 10.1. The van der Waals surface area contributed by atoms with Gasteiger partial charge >= 0.3 is 0 Å². The molecule has 0 amide bonds. The van der Waals surface area contributed by atoms with Gasteiger partial charge in [-0.05, 0) is 41.5 Å². The Bertz CT molecular complexity index is 643. The number of pyridine rings is 1. The van der Waals surface area contributed by atoms with Crippen molar-refractivity contribution in [3.63, 3.8) is 0 Å². The van der Waals surface area contributed by atoms with Gasteiger partial charge in [-0.2, -0.15) is 0 Å². The van der Waals surface area contributed by atoms with Crippen LogP contribution in [-0.4, -0.2) is 4.98 Å². The molecular formula is C13H10N2O. The van der Waals surface area contributed by atoms with Gasteiger partial charge in [0.1, 0.15) is 11.4 Å². The SMILES string of the molecule is Nc1cc(-c2ccc3occc3c2)ccn1. The van der Waals surface area contributed by atoms with Crippen LogP contribution in [0.5, 0.6) is 0 Å². The third-order valence-corrected chi connectivity index (χ3v) is 2.57. The molecule has 2 N–H and O–H groups in total. The molecule has 1 aromatic carbocycles. The minimum atomic E-state index is 0.532. The van der Waals surface area contributed by atoms with Crippen molar-refractivity contribution in [2.24, 2.45) is 0 Å². The molecular weight excluding hydrogens is 200 g/mol. The summed E-state index contributed by atoms with van der Waals surface area (Å²) in [4.78, 5) is 3.98. The highest BCUT2D eigenvalue weighted by Crippen LogP contribution is 2.25. The van der Waals surface area contributed by atoms with Gasteiger partial charge in [0.05, 0.1) is 6.26 Å². The Morgan fingerprint density at radius 3 is 2.75 bits per heavy atom. The quantitative estimate of drug-likeness (QED) is 0.671. The Hall–Kier alpha value is -2.29. The van der Waals surface area contributed by atoms with E-state index in [4.69, 9.17) is 10.2 Å². The molecule has 0 fully saturated rings. The van der Waals surface area contributed by atoms with Crippen LogP contribution >= 0.6 is 0 Å². The molecule has 0 bridgehead atoms. The fraction of sp³-hybridized carbons (Fsp3) is 0. The maximum Gasteiger partial charge on any atom is 0.133 e. The summed E-state index contributed by atoms with van der Waals surface area (Å²) in [5, 5.41) is 1.09. The molecule has 0 aliphatic carbocycles. The fourth-order valence-corrected chi connectivity index (χ4v) is 1.77. The average molecular weight is 210 g/mol. The van der Waals surface area contributed by atoms with Gasteiger partial charge in [-0.3, -0.25) is 0 Å². The molecule has 0 saturated heterocycles. The Morgan fingerprint density at radius 1 is 1.00 bits per heavy atom. The number of hydrogen-bond donors (Lipinski definition) is 1. The molecule has 3 rings (SSSR count). The van der Waals surface area contributed by atoms with Crippen LogP contribution in [0.3, 0.4) is 0 Å². The van der Waals surface area contributed by atoms with Crippen molar-refractivity contribution in [1.29, 1.82) is 0 Å². The average Bonchev–Trinajstić information content (AvgIpc) is 2.75. The van der Waals surface area contributed by atoms with Gasteiger partial charge in [-0.1, -0.05) is 6.07 Å². The summed E-state index contributed by atoms with van der Waals surface area (Å²) in [6.07, 6.45) is 3.40. The minimum Gasteiger partial charge on any atom is -0.464 e. The monoisotopic (exact) mass is 210 g/mol. The topological polar surface area (TPSA) is 52.0 Å². The van der Waals surface area contributed by atoms with Crippen LogP contribution in [0.15, 0.2) is 53.3 Å². The Balaban J connectivity index is 2.18. The van der Waals surface area contributed by atoms with E-state index in [0.717, 1.165) is 22.1 Å². The second-order valence-electron chi connectivity index (χ2n) is 3.64. The van der Waals surface area contributed by atoms with Gasteiger partial charge < -0.3 is 10.2 Å². The normalized spacial score (nSPS) is 10.8. The van der Waals surface area contributed by atoms with Crippen LogP contribution < -0.4 is 5.73 Å². The zero-order valence-corrected chi connectivity index (χ0v) is 8.55. The Labute approximate surface area is 92.5 Å². The third-order valence-electron chi connectivity index (χ3n) is 2.57. The number of nitrogens with two attached hydrogens (primary N) is 1. The number of nitrogen functional groups attached to an aromatic ring is 1. The fourth-order valence-electron chi connectivity index (χ4n) is 1.77. The molecule has 2 aromatic heterocycles. The smallest absolute Gasteiger partial charge is 0.133 e. The van der Waals surface area contributed by atoms with E-state index in [1.807, 2.05) is 30.3 Å². The van der Waals surface area contributed by atoms with Crippen molar-refractivity contribution in [2.75, 3.05) is 5.73 Å². The standard InChI is InChI=1S/C13H10N2O/c14-13-8-10(3-5-15-13)9-1-2-12-11(7-9)4-6-16-12/h1-8H,(H2,14,15). The molecule has 0 aliphatic heterocycles. The van der Waals surface area contributed by atoms with Crippen LogP contribution in [0.25, 0.3) is 22.1 Å². The zero-order chi connectivity index (χ0) is 11.0. The summed E-state index contributed by atoms with van der Waals surface area (Å²) in [6.45, 7) is 0. The molecule has 0 spiro atoms. The number of rotatable bonds is 1. The van der Waals surface area contributed by atoms with E-state index < -0.39 is 0 Å². The van der Waals surface area contributed by atoms with Gasteiger partial charge in [0, 0.05) is 11.6 Å². The lowest BCUT2D eigenvalue weighted by Crippen LogP contribution is -1.89. The van der Waals surface area contributed by atoms with Crippen molar-refractivity contribution in [2.45, 2.75) is 0 Å². The number of nitrogens with zero attached hydrogens (tertiary/aromatic N) is 1. The first kappa shape index (κ1) is 8.97. The Morgan fingerprint density at radius 2 is 1.88 bits per heavy atom. The van der Waals surface area contributed by atoms with Crippen LogP contribution in [0.4, 0.5) is 5.82 Å². The molecule has 3 nitrogen and oxygen atoms in total. The number of hydrogen-bond acceptors (Lipinski definition) is 3. The van der Waals surface area contributed by atoms with E-state index in [2.05, 4.69) is 11.1 Å². The molecule has 2 heterocycles. The highest BCUT2D eigenvalue weighted by molar-refractivity contribution is 5.83. The third kappa shape index (κ3) is 1.42. The second-order valence-corrected chi connectivity index (χ2v) is 3.64. The summed E-state index contributed by atoms with van der Waals surface area (Å²) >= 11 is 0. The van der Waals surface area contributed by atoms with Gasteiger partial charge in [0.15, 0.2) is 0 Å². The van der Waals surface area contributed by atoms with E-state index in [1.54, 1.807) is 12.5 Å². The first-order chi connectivity index (χ1) is 7.83. The predicted octanol–water partition coefficient (Wildman–Crippen LogP) is 3.08. The summed E-state index contributed by atoms with van der Waals surface area (Å²) < 4.78 is 5.30. The number of furan rings is 1. The first-order valence-corrected chi connectivity index (χ1v) is 5.02. The van der Waals surface area contributed by atoms with E-state index >= 15 is 0 Å². The largest absolute Gasteiger partial charge is 0.464 e. The number of aromatic nitrogens is 1. The van der Waals surface area contributed by atoms with Crippen molar-refractivity contribution in [3.05, 3.63) is 48.9 Å². The molecule has 0 aliphatic rings. The highest BCUT2D eigenvalue weighted by atomic mass is 16.3. The predicted molar refractivity (Wildman–Crippen MR) is 63.9 cm³/mol. The molecule has 0 radical (unpaired) electrons. The summed E-state index contributed by atoms with van der Waals surface area (Å²) in [6, 6.07) is 11.8. The molecule has 3 heteroatoms. The number of benzene rings is 1. The molecule has 3 aromatic rings. The Kier molecular flexibility index (Phi) is 1.90. The maximum atomic E-state index is 5.66. The molecule has 0 unspecified atom stereocenters. The maximum absolute atomic E-state index is 5.66. The van der Waals surface area contributed by atoms with Gasteiger partial charge in [0.25, 0.3) is 0 Å². The van der Waals surface area contributed by atoms with E-state index in [1.165, 1.54) is 0 Å². The van der Waals surface area contributed by atoms with Gasteiger partial charge in [-0.15, -0.1) is 0 Å². The lowest BCUT2D eigenvalue weighted by molar-refractivity contribution is 0.616. The molecule has 78 valence electrons. The van der Waals surface area contributed by atoms with Gasteiger partial charge in [-0.25, -0.2) is 4.98 Å². The molecule has 0 atom stereocenters. The van der Waals surface area contributed by atoms with E-state index in [-0.39, 0.29) is 0 Å². The van der Waals surface area contributed by atoms with Crippen LogP contribution in [0, 0.1) is 0 Å². The van der Waals surface area contributed by atoms with Crippen molar-refractivity contribution in [1.82, 2.24) is 4.98 Å².